The Labute approximate surface area is 84.0 Å². The molecule has 2 aromatic rings. The molecule has 0 saturated heterocycles. The van der Waals surface area contributed by atoms with E-state index in [1.54, 1.807) is 0 Å². The molecule has 2 nitrogen and oxygen atoms in total. The number of benzene rings is 1. The molecule has 0 unspecified atom stereocenters. The first-order valence-electron chi connectivity index (χ1n) is 5.08. The van der Waals surface area contributed by atoms with E-state index in [0.29, 0.717) is 0 Å². The maximum absolute atomic E-state index is 4.55. The van der Waals surface area contributed by atoms with Gasteiger partial charge in [0.2, 0.25) is 0 Å². The van der Waals surface area contributed by atoms with Gasteiger partial charge in [0.15, 0.2) is 0 Å². The average molecular weight is 186 g/mol. The van der Waals surface area contributed by atoms with E-state index in [-0.39, 0.29) is 0 Å². The summed E-state index contributed by atoms with van der Waals surface area (Å²) >= 11 is 0. The molecule has 0 spiro atoms. The van der Waals surface area contributed by atoms with Gasteiger partial charge in [-0.15, -0.1) is 0 Å². The third kappa shape index (κ3) is 1.48. The molecule has 0 aliphatic heterocycles. The van der Waals surface area contributed by atoms with E-state index < -0.39 is 0 Å². The number of para-hydroxylation sites is 1. The fraction of sp³-hybridized carbons (Fsp3) is 0.333. The fourth-order valence-electron chi connectivity index (χ4n) is 1.61. The smallest absolute Gasteiger partial charge is 0.128 e. The molecule has 0 bridgehead atoms. The molecule has 1 aromatic heterocycles. The van der Waals surface area contributed by atoms with Crippen LogP contribution in [-0.2, 0) is 12.8 Å². The summed E-state index contributed by atoms with van der Waals surface area (Å²) in [5.74, 6) is 0.929. The lowest BCUT2D eigenvalue weighted by Gasteiger charge is -2.03. The Balaban J connectivity index is 2.70. The number of hydrogen-bond donors (Lipinski definition) is 0. The zero-order valence-electron chi connectivity index (χ0n) is 8.62. The zero-order chi connectivity index (χ0) is 9.97. The van der Waals surface area contributed by atoms with Crippen molar-refractivity contribution in [3.05, 3.63) is 35.8 Å². The fourth-order valence-corrected chi connectivity index (χ4v) is 1.61. The van der Waals surface area contributed by atoms with Crippen molar-refractivity contribution in [2.75, 3.05) is 0 Å². The van der Waals surface area contributed by atoms with Gasteiger partial charge in [-0.2, -0.15) is 0 Å². The molecular formula is C12H14N2. The van der Waals surface area contributed by atoms with Gasteiger partial charge in [-0.05, 0) is 12.0 Å². The molecule has 72 valence electrons. The number of aromatic nitrogens is 2. The summed E-state index contributed by atoms with van der Waals surface area (Å²) in [6, 6.07) is 6.26. The Morgan fingerprint density at radius 3 is 2.71 bits per heavy atom. The van der Waals surface area contributed by atoms with Gasteiger partial charge in [0.05, 0.1) is 5.52 Å². The standard InChI is InChI=1S/C12H14N2/c1-3-9-6-5-7-10-8-13-11(4-2)14-12(9)10/h5-8H,3-4H2,1-2H3. The molecule has 0 radical (unpaired) electrons. The third-order valence-electron chi connectivity index (χ3n) is 2.44. The molecule has 0 aliphatic rings. The van der Waals surface area contributed by atoms with E-state index >= 15 is 0 Å². The highest BCUT2D eigenvalue weighted by atomic mass is 14.9. The molecule has 2 heteroatoms. The molecule has 2 rings (SSSR count). The molecule has 14 heavy (non-hydrogen) atoms. The molecule has 0 fully saturated rings. The Morgan fingerprint density at radius 2 is 2.00 bits per heavy atom. The van der Waals surface area contributed by atoms with Crippen molar-refractivity contribution in [2.45, 2.75) is 26.7 Å². The van der Waals surface area contributed by atoms with Crippen LogP contribution in [0.15, 0.2) is 24.4 Å². The van der Waals surface area contributed by atoms with Crippen LogP contribution in [0.3, 0.4) is 0 Å². The highest BCUT2D eigenvalue weighted by molar-refractivity contribution is 5.80. The van der Waals surface area contributed by atoms with Crippen molar-refractivity contribution >= 4 is 10.9 Å². The van der Waals surface area contributed by atoms with Gasteiger partial charge in [0, 0.05) is 18.0 Å². The molecule has 0 aliphatic carbocycles. The highest BCUT2D eigenvalue weighted by Gasteiger charge is 2.01. The lowest BCUT2D eigenvalue weighted by molar-refractivity contribution is 0.956. The maximum atomic E-state index is 4.55. The predicted molar refractivity (Wildman–Crippen MR) is 58.3 cm³/mol. The first kappa shape index (κ1) is 9.13. The second-order valence-electron chi connectivity index (χ2n) is 3.35. The minimum absolute atomic E-state index is 0.897. The van der Waals surface area contributed by atoms with Crippen molar-refractivity contribution in [3.63, 3.8) is 0 Å². The van der Waals surface area contributed by atoms with Crippen LogP contribution in [0.1, 0.15) is 25.2 Å². The molecule has 0 atom stereocenters. The molecule has 0 amide bonds. The minimum atomic E-state index is 0.897. The molecule has 1 heterocycles. The van der Waals surface area contributed by atoms with Crippen molar-refractivity contribution in [1.82, 2.24) is 9.97 Å². The molecule has 1 aromatic carbocycles. The van der Waals surface area contributed by atoms with Gasteiger partial charge in [0.25, 0.3) is 0 Å². The van der Waals surface area contributed by atoms with Crippen LogP contribution < -0.4 is 0 Å². The quantitative estimate of drug-likeness (QED) is 0.720. The Bertz CT molecular complexity index is 449. The monoisotopic (exact) mass is 186 g/mol. The third-order valence-corrected chi connectivity index (χ3v) is 2.44. The van der Waals surface area contributed by atoms with Gasteiger partial charge >= 0.3 is 0 Å². The lowest BCUT2D eigenvalue weighted by atomic mass is 10.1. The van der Waals surface area contributed by atoms with Gasteiger partial charge < -0.3 is 0 Å². The summed E-state index contributed by atoms with van der Waals surface area (Å²) in [6.07, 6.45) is 3.84. The SMILES string of the molecule is CCc1ncc2cccc(CC)c2n1. The van der Waals surface area contributed by atoms with Crippen LogP contribution in [0.4, 0.5) is 0 Å². The average Bonchev–Trinajstić information content (AvgIpc) is 2.27. The summed E-state index contributed by atoms with van der Waals surface area (Å²) in [7, 11) is 0. The zero-order valence-corrected chi connectivity index (χ0v) is 8.62. The summed E-state index contributed by atoms with van der Waals surface area (Å²) in [5.41, 5.74) is 2.42. The van der Waals surface area contributed by atoms with Crippen molar-refractivity contribution < 1.29 is 0 Å². The number of hydrogen-bond acceptors (Lipinski definition) is 2. The summed E-state index contributed by atoms with van der Waals surface area (Å²) < 4.78 is 0. The summed E-state index contributed by atoms with van der Waals surface area (Å²) in [4.78, 5) is 8.84. The van der Waals surface area contributed by atoms with E-state index in [4.69, 9.17) is 0 Å². The topological polar surface area (TPSA) is 25.8 Å². The second-order valence-corrected chi connectivity index (χ2v) is 3.35. The van der Waals surface area contributed by atoms with Crippen molar-refractivity contribution in [1.29, 1.82) is 0 Å². The van der Waals surface area contributed by atoms with Crippen LogP contribution in [0.2, 0.25) is 0 Å². The molecule has 0 saturated carbocycles. The van der Waals surface area contributed by atoms with Crippen LogP contribution in [0.5, 0.6) is 0 Å². The Morgan fingerprint density at radius 1 is 1.14 bits per heavy atom. The van der Waals surface area contributed by atoms with E-state index in [0.717, 1.165) is 29.6 Å². The van der Waals surface area contributed by atoms with Crippen LogP contribution in [-0.4, -0.2) is 9.97 Å². The van der Waals surface area contributed by atoms with Gasteiger partial charge in [0.1, 0.15) is 5.82 Å². The van der Waals surface area contributed by atoms with Gasteiger partial charge in [-0.3, -0.25) is 0 Å². The normalized spacial score (nSPS) is 10.7. The van der Waals surface area contributed by atoms with E-state index in [2.05, 4.69) is 42.0 Å². The van der Waals surface area contributed by atoms with Crippen LogP contribution in [0, 0.1) is 0 Å². The molecular weight excluding hydrogens is 172 g/mol. The number of aryl methyl sites for hydroxylation is 2. The predicted octanol–water partition coefficient (Wildman–Crippen LogP) is 2.75. The van der Waals surface area contributed by atoms with Crippen molar-refractivity contribution in [3.8, 4) is 0 Å². The number of fused-ring (bicyclic) bond motifs is 1. The largest absolute Gasteiger partial charge is 0.241 e. The second kappa shape index (κ2) is 3.74. The van der Waals surface area contributed by atoms with Gasteiger partial charge in [-0.1, -0.05) is 32.0 Å². The van der Waals surface area contributed by atoms with E-state index in [9.17, 15) is 0 Å². The van der Waals surface area contributed by atoms with Crippen molar-refractivity contribution in [2.24, 2.45) is 0 Å². The summed E-state index contributed by atoms with van der Waals surface area (Å²) in [5, 5.41) is 1.14. The summed E-state index contributed by atoms with van der Waals surface area (Å²) in [6.45, 7) is 4.23. The first-order valence-corrected chi connectivity index (χ1v) is 5.08. The van der Waals surface area contributed by atoms with Crippen LogP contribution >= 0.6 is 0 Å². The minimum Gasteiger partial charge on any atom is -0.241 e. The van der Waals surface area contributed by atoms with Crippen LogP contribution in [0.25, 0.3) is 10.9 Å². The number of rotatable bonds is 2. The lowest BCUT2D eigenvalue weighted by Crippen LogP contribution is -1.95. The van der Waals surface area contributed by atoms with Gasteiger partial charge in [-0.25, -0.2) is 9.97 Å². The number of nitrogens with zero attached hydrogens (tertiary/aromatic N) is 2. The van der Waals surface area contributed by atoms with E-state index in [1.165, 1.54) is 5.56 Å². The first-order chi connectivity index (χ1) is 6.85. The Hall–Kier alpha value is -1.44. The molecule has 0 N–H and O–H groups in total. The maximum Gasteiger partial charge on any atom is 0.128 e. The highest BCUT2D eigenvalue weighted by Crippen LogP contribution is 2.16. The Kier molecular flexibility index (Phi) is 2.44. The van der Waals surface area contributed by atoms with E-state index in [1.807, 2.05) is 6.20 Å².